The van der Waals surface area contributed by atoms with Gasteiger partial charge in [0.25, 0.3) is 0 Å². The number of benzene rings is 1. The Balaban J connectivity index is 2.73. The van der Waals surface area contributed by atoms with Gasteiger partial charge in [-0.3, -0.25) is 0 Å². The summed E-state index contributed by atoms with van der Waals surface area (Å²) in [5, 5.41) is 0. The van der Waals surface area contributed by atoms with Gasteiger partial charge in [-0.2, -0.15) is 0 Å². The lowest BCUT2D eigenvalue weighted by molar-refractivity contribution is 0.242. The van der Waals surface area contributed by atoms with Crippen molar-refractivity contribution < 1.29 is 4.74 Å². The largest absolute Gasteiger partial charge is 0.491 e. The smallest absolute Gasteiger partial charge is 0.119 e. The molecule has 14 heavy (non-hydrogen) atoms. The van der Waals surface area contributed by atoms with Crippen LogP contribution in [0.4, 0.5) is 0 Å². The van der Waals surface area contributed by atoms with E-state index in [2.05, 4.69) is 25.6 Å². The van der Waals surface area contributed by atoms with Crippen LogP contribution in [0.1, 0.15) is 32.8 Å². The quantitative estimate of drug-likeness (QED) is 0.699. The van der Waals surface area contributed by atoms with Gasteiger partial charge in [0.15, 0.2) is 0 Å². The van der Waals surface area contributed by atoms with E-state index < -0.39 is 0 Å². The molecule has 0 amide bonds. The molecule has 0 radical (unpaired) electrons. The van der Waals surface area contributed by atoms with Gasteiger partial charge in [0.05, 0.1) is 6.10 Å². The molecule has 0 N–H and O–H groups in total. The Kier molecular flexibility index (Phi) is 3.75. The fraction of sp³-hybridized carbons (Fsp3) is 0.385. The van der Waals surface area contributed by atoms with Crippen LogP contribution in [-0.2, 0) is 0 Å². The molecule has 0 heterocycles. The first-order valence-electron chi connectivity index (χ1n) is 5.08. The van der Waals surface area contributed by atoms with Gasteiger partial charge in [-0.25, -0.2) is 0 Å². The second kappa shape index (κ2) is 4.85. The van der Waals surface area contributed by atoms with Crippen molar-refractivity contribution in [2.75, 3.05) is 0 Å². The van der Waals surface area contributed by atoms with Crippen LogP contribution in [0.3, 0.4) is 0 Å². The maximum atomic E-state index is 5.55. The molecule has 0 saturated heterocycles. The highest BCUT2D eigenvalue weighted by Crippen LogP contribution is 2.20. The lowest BCUT2D eigenvalue weighted by Crippen LogP contribution is -2.05. The minimum Gasteiger partial charge on any atom is -0.491 e. The zero-order valence-electron chi connectivity index (χ0n) is 9.21. The first-order valence-corrected chi connectivity index (χ1v) is 5.08. The zero-order chi connectivity index (χ0) is 10.6. The summed E-state index contributed by atoms with van der Waals surface area (Å²) in [6, 6.07) is 8.11. The highest BCUT2D eigenvalue weighted by Gasteiger charge is 1.99. The molecule has 0 aliphatic carbocycles. The van der Waals surface area contributed by atoms with Crippen LogP contribution >= 0.6 is 0 Å². The van der Waals surface area contributed by atoms with E-state index in [1.807, 2.05) is 26.0 Å². The molecule has 0 spiro atoms. The third kappa shape index (κ3) is 2.91. The standard InChI is InChI=1S/C13H18O/c1-5-11(4)12-6-8-13(9-7-12)14-10(2)3/h6-10H,4-5H2,1-3H3. The number of allylic oxidation sites excluding steroid dienone is 1. The van der Waals surface area contributed by atoms with Crippen LogP contribution in [-0.4, -0.2) is 6.10 Å². The van der Waals surface area contributed by atoms with Crippen molar-refractivity contribution in [2.45, 2.75) is 33.3 Å². The molecule has 1 aromatic carbocycles. The maximum absolute atomic E-state index is 5.55. The number of hydrogen-bond donors (Lipinski definition) is 0. The molecule has 1 heteroatoms. The number of rotatable bonds is 4. The Labute approximate surface area is 86.4 Å². The second-order valence-corrected chi connectivity index (χ2v) is 3.65. The molecule has 1 aromatic rings. The van der Waals surface area contributed by atoms with Crippen molar-refractivity contribution >= 4 is 5.57 Å². The minimum absolute atomic E-state index is 0.232. The Morgan fingerprint density at radius 1 is 1.29 bits per heavy atom. The summed E-state index contributed by atoms with van der Waals surface area (Å²) in [5.41, 5.74) is 2.37. The SMILES string of the molecule is C=C(CC)c1ccc(OC(C)C)cc1. The fourth-order valence-corrected chi connectivity index (χ4v) is 1.25. The summed E-state index contributed by atoms with van der Waals surface area (Å²) in [6.07, 6.45) is 1.22. The summed E-state index contributed by atoms with van der Waals surface area (Å²) in [4.78, 5) is 0. The van der Waals surface area contributed by atoms with E-state index >= 15 is 0 Å². The van der Waals surface area contributed by atoms with E-state index in [1.54, 1.807) is 0 Å². The predicted octanol–water partition coefficient (Wildman–Crippen LogP) is 3.90. The Bertz CT molecular complexity index is 296. The third-order valence-electron chi connectivity index (χ3n) is 2.06. The molecule has 0 aliphatic heterocycles. The summed E-state index contributed by atoms with van der Waals surface area (Å²) in [5.74, 6) is 0.924. The summed E-state index contributed by atoms with van der Waals surface area (Å²) < 4.78 is 5.55. The summed E-state index contributed by atoms with van der Waals surface area (Å²) in [7, 11) is 0. The van der Waals surface area contributed by atoms with Crippen molar-refractivity contribution in [2.24, 2.45) is 0 Å². The molecule has 0 saturated carbocycles. The minimum atomic E-state index is 0.232. The first-order chi connectivity index (χ1) is 6.63. The van der Waals surface area contributed by atoms with Gasteiger partial charge in [-0.05, 0) is 43.5 Å². The first kappa shape index (κ1) is 10.8. The second-order valence-electron chi connectivity index (χ2n) is 3.65. The van der Waals surface area contributed by atoms with Crippen molar-refractivity contribution in [3.63, 3.8) is 0 Å². The topological polar surface area (TPSA) is 9.23 Å². The molecule has 0 aliphatic rings. The highest BCUT2D eigenvalue weighted by molar-refractivity contribution is 5.63. The highest BCUT2D eigenvalue weighted by atomic mass is 16.5. The lowest BCUT2D eigenvalue weighted by Gasteiger charge is -2.10. The van der Waals surface area contributed by atoms with E-state index in [1.165, 1.54) is 11.1 Å². The van der Waals surface area contributed by atoms with Gasteiger partial charge < -0.3 is 4.74 Å². The van der Waals surface area contributed by atoms with Gasteiger partial charge in [0.2, 0.25) is 0 Å². The molecular weight excluding hydrogens is 172 g/mol. The molecule has 1 rings (SSSR count). The fourth-order valence-electron chi connectivity index (χ4n) is 1.25. The normalized spacial score (nSPS) is 10.3. The molecule has 0 aromatic heterocycles. The van der Waals surface area contributed by atoms with Crippen LogP contribution in [0.25, 0.3) is 5.57 Å². The van der Waals surface area contributed by atoms with Crippen LogP contribution in [0.5, 0.6) is 5.75 Å². The monoisotopic (exact) mass is 190 g/mol. The van der Waals surface area contributed by atoms with Gasteiger partial charge >= 0.3 is 0 Å². The zero-order valence-corrected chi connectivity index (χ0v) is 9.21. The predicted molar refractivity (Wildman–Crippen MR) is 61.5 cm³/mol. The van der Waals surface area contributed by atoms with Crippen molar-refractivity contribution in [3.05, 3.63) is 36.4 Å². The average Bonchev–Trinajstić information content (AvgIpc) is 2.17. The van der Waals surface area contributed by atoms with Gasteiger partial charge in [-0.15, -0.1) is 0 Å². The maximum Gasteiger partial charge on any atom is 0.119 e. The van der Waals surface area contributed by atoms with Gasteiger partial charge in [-0.1, -0.05) is 25.6 Å². The Morgan fingerprint density at radius 2 is 1.86 bits per heavy atom. The summed E-state index contributed by atoms with van der Waals surface area (Å²) in [6.45, 7) is 10.2. The molecule has 0 unspecified atom stereocenters. The average molecular weight is 190 g/mol. The van der Waals surface area contributed by atoms with Gasteiger partial charge in [0.1, 0.15) is 5.75 Å². The van der Waals surface area contributed by atoms with E-state index in [4.69, 9.17) is 4.74 Å². The van der Waals surface area contributed by atoms with Crippen LogP contribution in [0.2, 0.25) is 0 Å². The van der Waals surface area contributed by atoms with Crippen LogP contribution < -0.4 is 4.74 Å². The molecule has 0 bridgehead atoms. The molecule has 1 nitrogen and oxygen atoms in total. The molecule has 0 fully saturated rings. The van der Waals surface area contributed by atoms with Crippen molar-refractivity contribution in [1.82, 2.24) is 0 Å². The van der Waals surface area contributed by atoms with Crippen molar-refractivity contribution in [1.29, 1.82) is 0 Å². The molecule has 76 valence electrons. The summed E-state index contributed by atoms with van der Waals surface area (Å²) >= 11 is 0. The van der Waals surface area contributed by atoms with E-state index in [0.29, 0.717) is 0 Å². The van der Waals surface area contributed by atoms with E-state index in [9.17, 15) is 0 Å². The number of hydrogen-bond acceptors (Lipinski definition) is 1. The van der Waals surface area contributed by atoms with Crippen LogP contribution in [0, 0.1) is 0 Å². The molecule has 0 atom stereocenters. The van der Waals surface area contributed by atoms with E-state index in [-0.39, 0.29) is 6.10 Å². The molecular formula is C13H18O. The van der Waals surface area contributed by atoms with Crippen molar-refractivity contribution in [3.8, 4) is 5.75 Å². The number of ether oxygens (including phenoxy) is 1. The van der Waals surface area contributed by atoms with E-state index in [0.717, 1.165) is 12.2 Å². The van der Waals surface area contributed by atoms with Gasteiger partial charge in [0, 0.05) is 0 Å². The Morgan fingerprint density at radius 3 is 2.29 bits per heavy atom. The Hall–Kier alpha value is -1.24. The third-order valence-corrected chi connectivity index (χ3v) is 2.06. The van der Waals surface area contributed by atoms with Crippen LogP contribution in [0.15, 0.2) is 30.8 Å². The lowest BCUT2D eigenvalue weighted by atomic mass is 10.1.